The Bertz CT molecular complexity index is 865. The van der Waals surface area contributed by atoms with Gasteiger partial charge in [0.15, 0.2) is 0 Å². The Morgan fingerprint density at radius 3 is 2.72 bits per heavy atom. The molecule has 0 atom stereocenters. The summed E-state index contributed by atoms with van der Waals surface area (Å²) >= 11 is 0. The van der Waals surface area contributed by atoms with E-state index in [2.05, 4.69) is 9.97 Å². The van der Waals surface area contributed by atoms with Crippen LogP contribution in [0.15, 0.2) is 18.2 Å². The lowest BCUT2D eigenvalue weighted by Gasteiger charge is -2.33. The lowest BCUT2D eigenvalue weighted by molar-refractivity contribution is -0.384. The Balaban J connectivity index is 1.39. The molecule has 1 saturated heterocycles. The number of H-pyrrole nitrogens is 1. The molecule has 0 aliphatic carbocycles. The number of piperidine rings is 1. The molecule has 1 N–H and O–H groups in total. The van der Waals surface area contributed by atoms with Crippen molar-refractivity contribution >= 4 is 22.8 Å². The van der Waals surface area contributed by atoms with E-state index >= 15 is 0 Å². The molecule has 0 radical (unpaired) electrons. The number of aromatic nitrogens is 2. The van der Waals surface area contributed by atoms with Gasteiger partial charge in [-0.2, -0.15) is 4.98 Å². The Morgan fingerprint density at radius 1 is 1.34 bits per heavy atom. The number of aromatic amines is 1. The third-order valence-corrected chi connectivity index (χ3v) is 4.92. The first kappa shape index (κ1) is 20.9. The van der Waals surface area contributed by atoms with Gasteiger partial charge in [0.25, 0.3) is 11.7 Å². The number of nitrogens with one attached hydrogen (secondary N) is 1. The quantitative estimate of drug-likeness (QED) is 0.437. The monoisotopic (exact) mass is 404 g/mol. The van der Waals surface area contributed by atoms with Gasteiger partial charge in [-0.05, 0) is 58.4 Å². The SMILES string of the molecule is CC(C)(C)OC(=O)N1CCC(CCCOc2nc3ccc([N+](=O)[O-])cc3[nH]2)CC1. The number of hydrogen-bond acceptors (Lipinski definition) is 6. The van der Waals surface area contributed by atoms with Crippen LogP contribution in [0.5, 0.6) is 6.01 Å². The molecule has 0 bridgehead atoms. The Kier molecular flexibility index (Phi) is 6.24. The van der Waals surface area contributed by atoms with Gasteiger partial charge >= 0.3 is 6.09 Å². The van der Waals surface area contributed by atoms with Crippen LogP contribution in [0.1, 0.15) is 46.5 Å². The third-order valence-electron chi connectivity index (χ3n) is 4.92. The molecule has 0 spiro atoms. The van der Waals surface area contributed by atoms with E-state index in [1.54, 1.807) is 11.0 Å². The molecule has 158 valence electrons. The van der Waals surface area contributed by atoms with Gasteiger partial charge < -0.3 is 19.4 Å². The van der Waals surface area contributed by atoms with Crippen LogP contribution in [0.3, 0.4) is 0 Å². The molecule has 3 rings (SSSR count). The molecule has 1 amide bonds. The molecule has 2 heterocycles. The number of rotatable bonds is 6. The molecular weight excluding hydrogens is 376 g/mol. The summed E-state index contributed by atoms with van der Waals surface area (Å²) in [5.41, 5.74) is 0.779. The number of carbonyl (C=O) groups excluding carboxylic acids is 1. The number of likely N-dealkylation sites (tertiary alicyclic amines) is 1. The number of nitro groups is 1. The first-order chi connectivity index (χ1) is 13.7. The van der Waals surface area contributed by atoms with Crippen LogP contribution in [0.4, 0.5) is 10.5 Å². The van der Waals surface area contributed by atoms with Crippen molar-refractivity contribution in [2.75, 3.05) is 19.7 Å². The van der Waals surface area contributed by atoms with E-state index in [4.69, 9.17) is 9.47 Å². The van der Waals surface area contributed by atoms with Crippen LogP contribution in [-0.4, -0.2) is 51.2 Å². The summed E-state index contributed by atoms with van der Waals surface area (Å²) in [4.78, 5) is 31.6. The third kappa shape index (κ3) is 5.82. The zero-order valence-electron chi connectivity index (χ0n) is 17.1. The van der Waals surface area contributed by atoms with E-state index in [9.17, 15) is 14.9 Å². The van der Waals surface area contributed by atoms with Crippen LogP contribution in [0, 0.1) is 16.0 Å². The Morgan fingerprint density at radius 2 is 2.07 bits per heavy atom. The molecule has 2 aromatic rings. The maximum absolute atomic E-state index is 12.1. The number of fused-ring (bicyclic) bond motifs is 1. The first-order valence-electron chi connectivity index (χ1n) is 9.96. The highest BCUT2D eigenvalue weighted by Crippen LogP contribution is 2.24. The standard InChI is InChI=1S/C20H28N4O5/c1-20(2,3)29-19(25)23-10-8-14(9-11-23)5-4-12-28-18-21-16-7-6-15(24(26)27)13-17(16)22-18/h6-7,13-14H,4-5,8-12H2,1-3H3,(H,21,22). The number of nitro benzene ring substituents is 1. The summed E-state index contributed by atoms with van der Waals surface area (Å²) in [5.74, 6) is 0.565. The summed E-state index contributed by atoms with van der Waals surface area (Å²) in [6, 6.07) is 4.86. The maximum atomic E-state index is 12.1. The minimum absolute atomic E-state index is 0.0189. The van der Waals surface area contributed by atoms with E-state index in [1.165, 1.54) is 12.1 Å². The normalized spacial score (nSPS) is 15.5. The van der Waals surface area contributed by atoms with Crippen molar-refractivity contribution in [3.05, 3.63) is 28.3 Å². The van der Waals surface area contributed by atoms with E-state index in [1.807, 2.05) is 20.8 Å². The van der Waals surface area contributed by atoms with E-state index in [-0.39, 0.29) is 11.8 Å². The summed E-state index contributed by atoms with van der Waals surface area (Å²) in [7, 11) is 0. The van der Waals surface area contributed by atoms with E-state index in [0.29, 0.717) is 29.6 Å². The van der Waals surface area contributed by atoms with Crippen molar-refractivity contribution in [1.82, 2.24) is 14.9 Å². The Hall–Kier alpha value is -2.84. The summed E-state index contributed by atoms with van der Waals surface area (Å²) in [6.07, 6.45) is 3.60. The molecule has 1 aliphatic rings. The van der Waals surface area contributed by atoms with Crippen molar-refractivity contribution in [3.8, 4) is 6.01 Å². The predicted molar refractivity (Wildman–Crippen MR) is 108 cm³/mol. The van der Waals surface area contributed by atoms with Crippen LogP contribution >= 0.6 is 0 Å². The molecule has 0 unspecified atom stereocenters. The molecule has 9 heteroatoms. The largest absolute Gasteiger partial charge is 0.465 e. The van der Waals surface area contributed by atoms with Crippen LogP contribution in [0.25, 0.3) is 11.0 Å². The van der Waals surface area contributed by atoms with Crippen LogP contribution < -0.4 is 4.74 Å². The number of benzene rings is 1. The van der Waals surface area contributed by atoms with Crippen LogP contribution in [-0.2, 0) is 4.74 Å². The summed E-state index contributed by atoms with van der Waals surface area (Å²) in [5, 5.41) is 10.8. The molecular formula is C20H28N4O5. The zero-order chi connectivity index (χ0) is 21.0. The van der Waals surface area contributed by atoms with Gasteiger partial charge in [-0.1, -0.05) is 0 Å². The topological polar surface area (TPSA) is 111 Å². The molecule has 29 heavy (non-hydrogen) atoms. The van der Waals surface area contributed by atoms with E-state index < -0.39 is 10.5 Å². The fourth-order valence-electron chi connectivity index (χ4n) is 3.43. The second-order valence-corrected chi connectivity index (χ2v) is 8.40. The molecule has 9 nitrogen and oxygen atoms in total. The van der Waals surface area contributed by atoms with Gasteiger partial charge in [-0.25, -0.2) is 4.79 Å². The number of amides is 1. The van der Waals surface area contributed by atoms with Crippen molar-refractivity contribution in [1.29, 1.82) is 0 Å². The van der Waals surface area contributed by atoms with Crippen molar-refractivity contribution in [3.63, 3.8) is 0 Å². The van der Waals surface area contributed by atoms with Crippen molar-refractivity contribution < 1.29 is 19.2 Å². The smallest absolute Gasteiger partial charge is 0.410 e. The highest BCUT2D eigenvalue weighted by molar-refractivity contribution is 5.78. The van der Waals surface area contributed by atoms with Gasteiger partial charge in [-0.3, -0.25) is 10.1 Å². The molecule has 0 saturated carbocycles. The molecule has 1 aromatic carbocycles. The lowest BCUT2D eigenvalue weighted by Crippen LogP contribution is -2.41. The fraction of sp³-hybridized carbons (Fsp3) is 0.600. The van der Waals surface area contributed by atoms with Crippen molar-refractivity contribution in [2.24, 2.45) is 5.92 Å². The van der Waals surface area contributed by atoms with Gasteiger partial charge in [0, 0.05) is 25.2 Å². The highest BCUT2D eigenvalue weighted by atomic mass is 16.6. The number of ether oxygens (including phenoxy) is 2. The van der Waals surface area contributed by atoms with Gasteiger partial charge in [0.05, 0.1) is 22.6 Å². The zero-order valence-corrected chi connectivity index (χ0v) is 17.1. The van der Waals surface area contributed by atoms with Crippen molar-refractivity contribution in [2.45, 2.75) is 52.1 Å². The predicted octanol–water partition coefficient (Wildman–Crippen LogP) is 4.28. The first-order valence-corrected chi connectivity index (χ1v) is 9.96. The van der Waals surface area contributed by atoms with E-state index in [0.717, 1.165) is 38.8 Å². The maximum Gasteiger partial charge on any atom is 0.410 e. The summed E-state index contributed by atoms with van der Waals surface area (Å²) < 4.78 is 11.1. The number of hydrogen-bond donors (Lipinski definition) is 1. The van der Waals surface area contributed by atoms with Gasteiger partial charge in [-0.15, -0.1) is 0 Å². The number of imidazole rings is 1. The average Bonchev–Trinajstić information content (AvgIpc) is 3.06. The second kappa shape index (κ2) is 8.67. The number of nitrogens with zero attached hydrogens (tertiary/aromatic N) is 3. The molecule has 1 fully saturated rings. The molecule has 1 aliphatic heterocycles. The molecule has 1 aromatic heterocycles. The fourth-order valence-corrected chi connectivity index (χ4v) is 3.43. The Labute approximate surface area is 169 Å². The highest BCUT2D eigenvalue weighted by Gasteiger charge is 2.26. The summed E-state index contributed by atoms with van der Waals surface area (Å²) in [6.45, 7) is 7.60. The minimum Gasteiger partial charge on any atom is -0.465 e. The van der Waals surface area contributed by atoms with Gasteiger partial charge in [0.2, 0.25) is 0 Å². The van der Waals surface area contributed by atoms with Gasteiger partial charge in [0.1, 0.15) is 5.60 Å². The lowest BCUT2D eigenvalue weighted by atomic mass is 9.92. The average molecular weight is 404 g/mol. The minimum atomic E-state index is -0.465. The number of non-ortho nitro benzene ring substituents is 1. The van der Waals surface area contributed by atoms with Crippen LogP contribution in [0.2, 0.25) is 0 Å². The second-order valence-electron chi connectivity index (χ2n) is 8.40. The number of carbonyl (C=O) groups is 1.